The lowest BCUT2D eigenvalue weighted by Gasteiger charge is -2.36. The van der Waals surface area contributed by atoms with Crippen LogP contribution in [0.4, 0.5) is 16.2 Å². The highest BCUT2D eigenvalue weighted by atomic mass is 16.6. The minimum atomic E-state index is -0.0778. The van der Waals surface area contributed by atoms with Crippen LogP contribution in [0.1, 0.15) is 6.92 Å². The van der Waals surface area contributed by atoms with Crippen LogP contribution in [-0.2, 0) is 0 Å². The molecule has 0 aromatic heterocycles. The zero-order valence-electron chi connectivity index (χ0n) is 16.0. The summed E-state index contributed by atoms with van der Waals surface area (Å²) in [4.78, 5) is 16.6. The summed E-state index contributed by atoms with van der Waals surface area (Å²) in [5.74, 6) is 2.39. The fourth-order valence-corrected chi connectivity index (χ4v) is 3.40. The number of carbonyl (C=O) groups is 1. The van der Waals surface area contributed by atoms with Crippen molar-refractivity contribution in [3.63, 3.8) is 0 Å². The van der Waals surface area contributed by atoms with Gasteiger partial charge in [-0.25, -0.2) is 4.79 Å². The normalized spacial score (nSPS) is 15.9. The number of anilines is 2. The minimum absolute atomic E-state index is 0.0778. The number of nitrogens with zero attached hydrogens (tertiary/aromatic N) is 2. The second kappa shape index (κ2) is 8.29. The number of benzene rings is 2. The number of amides is 2. The molecule has 2 aromatic carbocycles. The molecule has 4 rings (SSSR count). The first-order valence-electron chi connectivity index (χ1n) is 9.66. The van der Waals surface area contributed by atoms with Gasteiger partial charge < -0.3 is 29.3 Å². The van der Waals surface area contributed by atoms with Crippen LogP contribution in [0.5, 0.6) is 17.2 Å². The van der Waals surface area contributed by atoms with Gasteiger partial charge in [0.15, 0.2) is 11.5 Å². The quantitative estimate of drug-likeness (QED) is 0.878. The predicted octanol–water partition coefficient (Wildman–Crippen LogP) is 3.21. The number of nitrogens with one attached hydrogen (secondary N) is 1. The largest absolute Gasteiger partial charge is 0.494 e. The van der Waals surface area contributed by atoms with Crippen molar-refractivity contribution < 1.29 is 19.0 Å². The first-order valence-corrected chi connectivity index (χ1v) is 9.66. The number of ether oxygens (including phenoxy) is 3. The van der Waals surface area contributed by atoms with E-state index in [-0.39, 0.29) is 6.03 Å². The fraction of sp³-hybridized carbons (Fsp3) is 0.381. The Labute approximate surface area is 164 Å². The number of fused-ring (bicyclic) bond motifs is 1. The van der Waals surface area contributed by atoms with E-state index in [0.717, 1.165) is 41.7 Å². The van der Waals surface area contributed by atoms with Gasteiger partial charge in [-0.3, -0.25) is 0 Å². The number of rotatable bonds is 4. The maximum atomic E-state index is 12.5. The van der Waals surface area contributed by atoms with Crippen molar-refractivity contribution in [3.8, 4) is 17.2 Å². The zero-order valence-corrected chi connectivity index (χ0v) is 16.0. The van der Waals surface area contributed by atoms with Gasteiger partial charge in [-0.2, -0.15) is 0 Å². The van der Waals surface area contributed by atoms with E-state index in [1.165, 1.54) is 0 Å². The van der Waals surface area contributed by atoms with Gasteiger partial charge in [-0.05, 0) is 43.3 Å². The Kier molecular flexibility index (Phi) is 5.41. The van der Waals surface area contributed by atoms with Gasteiger partial charge in [-0.1, -0.05) is 0 Å². The molecule has 2 heterocycles. The van der Waals surface area contributed by atoms with Gasteiger partial charge in [0.05, 0.1) is 6.61 Å². The van der Waals surface area contributed by atoms with Crippen molar-refractivity contribution in [2.24, 2.45) is 0 Å². The summed E-state index contributed by atoms with van der Waals surface area (Å²) in [6.07, 6.45) is 0. The highest BCUT2D eigenvalue weighted by Crippen LogP contribution is 2.34. The molecule has 0 atom stereocenters. The average Bonchev–Trinajstić information content (AvgIpc) is 2.75. The van der Waals surface area contributed by atoms with E-state index in [1.807, 2.05) is 54.3 Å². The molecule has 0 saturated carbocycles. The van der Waals surface area contributed by atoms with E-state index < -0.39 is 0 Å². The zero-order chi connectivity index (χ0) is 19.3. The molecule has 2 aliphatic heterocycles. The Morgan fingerprint density at radius 3 is 2.43 bits per heavy atom. The van der Waals surface area contributed by atoms with Crippen molar-refractivity contribution in [1.29, 1.82) is 0 Å². The lowest BCUT2D eigenvalue weighted by atomic mass is 10.2. The molecule has 7 nitrogen and oxygen atoms in total. The molecule has 1 N–H and O–H groups in total. The van der Waals surface area contributed by atoms with Crippen LogP contribution >= 0.6 is 0 Å². The molecule has 2 aliphatic rings. The number of hydrogen-bond donors (Lipinski definition) is 1. The third kappa shape index (κ3) is 4.08. The van der Waals surface area contributed by atoms with Crippen molar-refractivity contribution in [2.45, 2.75) is 6.92 Å². The summed E-state index contributed by atoms with van der Waals surface area (Å²) in [6, 6.07) is 13.4. The molecule has 1 saturated heterocycles. The maximum absolute atomic E-state index is 12.5. The smallest absolute Gasteiger partial charge is 0.321 e. The molecule has 0 unspecified atom stereocenters. The molecular formula is C21H25N3O4. The topological polar surface area (TPSA) is 63.3 Å². The molecule has 0 radical (unpaired) electrons. The molecule has 28 heavy (non-hydrogen) atoms. The Hall–Kier alpha value is -3.09. The summed E-state index contributed by atoms with van der Waals surface area (Å²) in [5, 5.41) is 2.95. The van der Waals surface area contributed by atoms with E-state index in [1.54, 1.807) is 0 Å². The Bertz CT molecular complexity index is 817. The number of hydrogen-bond acceptors (Lipinski definition) is 5. The Balaban J connectivity index is 1.31. The first-order chi connectivity index (χ1) is 13.7. The standard InChI is InChI=1S/C21H25N3O4/c1-2-26-18-6-3-16(4-7-18)22-21(25)24-11-9-23(10-12-24)17-5-8-19-20(15-17)28-14-13-27-19/h3-8,15H,2,9-14H2,1H3,(H,22,25). The van der Waals surface area contributed by atoms with E-state index in [9.17, 15) is 4.79 Å². The summed E-state index contributed by atoms with van der Waals surface area (Å²) in [7, 11) is 0. The van der Waals surface area contributed by atoms with E-state index >= 15 is 0 Å². The molecule has 2 amide bonds. The van der Waals surface area contributed by atoms with E-state index in [4.69, 9.17) is 14.2 Å². The lowest BCUT2D eigenvalue weighted by Crippen LogP contribution is -2.50. The van der Waals surface area contributed by atoms with Gasteiger partial charge in [-0.15, -0.1) is 0 Å². The monoisotopic (exact) mass is 383 g/mol. The summed E-state index contributed by atoms with van der Waals surface area (Å²) >= 11 is 0. The van der Waals surface area contributed by atoms with Gasteiger partial charge >= 0.3 is 6.03 Å². The average molecular weight is 383 g/mol. The second-order valence-electron chi connectivity index (χ2n) is 6.69. The molecule has 2 aromatic rings. The third-order valence-electron chi connectivity index (χ3n) is 4.87. The number of piperazine rings is 1. The van der Waals surface area contributed by atoms with Crippen LogP contribution in [0.25, 0.3) is 0 Å². The lowest BCUT2D eigenvalue weighted by molar-refractivity contribution is 0.171. The summed E-state index contributed by atoms with van der Waals surface area (Å²) in [6.45, 7) is 6.62. The van der Waals surface area contributed by atoms with Crippen molar-refractivity contribution in [2.75, 3.05) is 56.2 Å². The van der Waals surface area contributed by atoms with Gasteiger partial charge in [0, 0.05) is 43.6 Å². The molecule has 0 spiro atoms. The van der Waals surface area contributed by atoms with Crippen molar-refractivity contribution in [1.82, 2.24) is 4.90 Å². The van der Waals surface area contributed by atoms with Crippen LogP contribution in [-0.4, -0.2) is 56.9 Å². The van der Waals surface area contributed by atoms with Crippen molar-refractivity contribution in [3.05, 3.63) is 42.5 Å². The highest BCUT2D eigenvalue weighted by molar-refractivity contribution is 5.89. The van der Waals surface area contributed by atoms with Crippen LogP contribution in [0.2, 0.25) is 0 Å². The highest BCUT2D eigenvalue weighted by Gasteiger charge is 2.22. The molecule has 7 heteroatoms. The molecular weight excluding hydrogens is 358 g/mol. The van der Waals surface area contributed by atoms with E-state index in [0.29, 0.717) is 32.9 Å². The summed E-state index contributed by atoms with van der Waals surface area (Å²) < 4.78 is 16.7. The van der Waals surface area contributed by atoms with Crippen molar-refractivity contribution >= 4 is 17.4 Å². The number of carbonyl (C=O) groups excluding carboxylic acids is 1. The molecule has 0 aliphatic carbocycles. The molecule has 148 valence electrons. The maximum Gasteiger partial charge on any atom is 0.321 e. The molecule has 0 bridgehead atoms. The third-order valence-corrected chi connectivity index (χ3v) is 4.87. The van der Waals surface area contributed by atoms with Crippen LogP contribution < -0.4 is 24.4 Å². The van der Waals surface area contributed by atoms with Gasteiger partial charge in [0.2, 0.25) is 0 Å². The fourth-order valence-electron chi connectivity index (χ4n) is 3.40. The van der Waals surface area contributed by atoms with E-state index in [2.05, 4.69) is 10.2 Å². The summed E-state index contributed by atoms with van der Waals surface area (Å²) in [5.41, 5.74) is 1.86. The molecule has 1 fully saturated rings. The first kappa shape index (κ1) is 18.3. The van der Waals surface area contributed by atoms with Crippen LogP contribution in [0.3, 0.4) is 0 Å². The number of urea groups is 1. The van der Waals surface area contributed by atoms with Gasteiger partial charge in [0.1, 0.15) is 19.0 Å². The SMILES string of the molecule is CCOc1ccc(NC(=O)N2CCN(c3ccc4c(c3)OCCO4)CC2)cc1. The van der Waals surface area contributed by atoms with Crippen LogP contribution in [0, 0.1) is 0 Å². The Morgan fingerprint density at radius 1 is 1.00 bits per heavy atom. The Morgan fingerprint density at radius 2 is 1.71 bits per heavy atom. The minimum Gasteiger partial charge on any atom is -0.494 e. The second-order valence-corrected chi connectivity index (χ2v) is 6.69. The van der Waals surface area contributed by atoms with Crippen LogP contribution in [0.15, 0.2) is 42.5 Å². The predicted molar refractivity (Wildman–Crippen MR) is 108 cm³/mol. The van der Waals surface area contributed by atoms with Gasteiger partial charge in [0.25, 0.3) is 0 Å².